The third-order valence-corrected chi connectivity index (χ3v) is 21.2. The van der Waals surface area contributed by atoms with Crippen molar-refractivity contribution in [1.82, 2.24) is 8.47 Å². The van der Waals surface area contributed by atoms with Crippen molar-refractivity contribution in [2.45, 2.75) is 71.6 Å². The van der Waals surface area contributed by atoms with E-state index in [9.17, 15) is 0 Å². The molecule has 0 fully saturated rings. The van der Waals surface area contributed by atoms with E-state index in [0.29, 0.717) is 52.6 Å². The van der Waals surface area contributed by atoms with Gasteiger partial charge in [0.15, 0.2) is 23.3 Å². The first kappa shape index (κ1) is 43.7. The molecule has 15 heteroatoms. The number of unbranched alkanes of at least 4 members (excludes halogenated alkanes) is 5. The molecule has 67 heavy (non-hydrogen) atoms. The van der Waals surface area contributed by atoms with Gasteiger partial charge in [0.05, 0.1) is 0 Å². The van der Waals surface area contributed by atoms with Gasteiger partial charge in [-0.3, -0.25) is 8.47 Å². The Bertz CT molecular complexity index is 3410. The van der Waals surface area contributed by atoms with Gasteiger partial charge in [-0.1, -0.05) is 136 Å². The molecule has 0 saturated carbocycles. The van der Waals surface area contributed by atoms with Crippen molar-refractivity contribution in [3.05, 3.63) is 130 Å². The largest absolute Gasteiger partial charge is 0.586 e. The van der Waals surface area contributed by atoms with Crippen molar-refractivity contribution in [1.29, 1.82) is 0 Å². The zero-order chi connectivity index (χ0) is 46.2. The van der Waals surface area contributed by atoms with Gasteiger partial charge < -0.3 is 17.1 Å². The number of fused-ring (bicyclic) bond motifs is 14. The molecule has 1 unspecified atom stereocenters. The van der Waals surface area contributed by atoms with E-state index >= 15 is 0 Å². The number of benzene rings is 4. The minimum atomic E-state index is -4.61. The van der Waals surface area contributed by atoms with Gasteiger partial charge in [-0.2, -0.15) is 0 Å². The summed E-state index contributed by atoms with van der Waals surface area (Å²) in [5, 5.41) is 3.22. The summed E-state index contributed by atoms with van der Waals surface area (Å²) in [6, 6.07) is 32.3. The third kappa shape index (κ3) is 8.13. The summed E-state index contributed by atoms with van der Waals surface area (Å²) < 4.78 is 33.6. The highest BCUT2D eigenvalue weighted by molar-refractivity contribution is 6.85. The van der Waals surface area contributed by atoms with Crippen molar-refractivity contribution in [3.8, 4) is 48.1 Å². The molecular formula is C52H62N8O4Si3. The van der Waals surface area contributed by atoms with E-state index in [1.165, 1.54) is 19.3 Å². The summed E-state index contributed by atoms with van der Waals surface area (Å²) in [4.78, 5) is 32.6. The summed E-state index contributed by atoms with van der Waals surface area (Å²) in [7, 11) is -11.4. The second-order valence-corrected chi connectivity index (χ2v) is 27.0. The van der Waals surface area contributed by atoms with E-state index in [4.69, 9.17) is 53.5 Å². The van der Waals surface area contributed by atoms with Gasteiger partial charge in [0, 0.05) is 79.6 Å². The van der Waals surface area contributed by atoms with Crippen LogP contribution in [0.3, 0.4) is 0 Å². The van der Waals surface area contributed by atoms with E-state index < -0.39 is 26.0 Å². The first-order valence-corrected chi connectivity index (χ1v) is 29.9. The Labute approximate surface area is 404 Å². The van der Waals surface area contributed by atoms with Crippen LogP contribution in [0.2, 0.25) is 26.2 Å². The molecule has 4 aliphatic rings. The first-order valence-electron chi connectivity index (χ1n) is 22.5. The van der Waals surface area contributed by atoms with Crippen LogP contribution in [0.25, 0.3) is 21.5 Å². The minimum Gasteiger partial charge on any atom is -0.473 e. The molecule has 6 heterocycles. The van der Waals surface area contributed by atoms with E-state index in [-0.39, 0.29) is 11.4 Å². The maximum absolute atomic E-state index is 8.02. The molecule has 4 aliphatic heterocycles. The molecule has 12 nitrogen and oxygen atoms in total. The number of terminal acetylenes is 1. The van der Waals surface area contributed by atoms with E-state index in [2.05, 4.69) is 94.4 Å². The smallest absolute Gasteiger partial charge is 0.473 e. The molecule has 1 atom stereocenters. The fourth-order valence-electron chi connectivity index (χ4n) is 8.83. The Morgan fingerprint density at radius 3 is 1.51 bits per heavy atom. The molecule has 6 bridgehead atoms. The molecule has 6 aromatic rings. The maximum atomic E-state index is 8.02. The normalized spacial score (nSPS) is 16.1. The van der Waals surface area contributed by atoms with Crippen molar-refractivity contribution >= 4 is 82.5 Å². The van der Waals surface area contributed by atoms with E-state index in [1.54, 1.807) is 0 Å². The molecule has 0 N–H and O–H groups in total. The molecule has 4 aromatic carbocycles. The highest BCUT2D eigenvalue weighted by Crippen LogP contribution is 2.45. The Morgan fingerprint density at radius 1 is 0.522 bits per heavy atom. The van der Waals surface area contributed by atoms with Gasteiger partial charge in [-0.05, 0) is 50.4 Å². The SMILES string of the molecule is C#CC#CC#CC#CO[Si](C)(C)O[Si]1(O[Si](C)(C)OCCCCCCCC)n2c3c4ccccc4c2N=C2N=C(N=c4c5ccccc5c(n41)=NC1=NC(=N3)c3ccccc31)c1ccccc12.[HH].[HH].[HH].[HH].[HH].[HH].[HH].[HH]. The van der Waals surface area contributed by atoms with Gasteiger partial charge in [-0.25, -0.2) is 30.0 Å². The van der Waals surface area contributed by atoms with E-state index in [1.807, 2.05) is 85.9 Å². The van der Waals surface area contributed by atoms with Gasteiger partial charge in [-0.15, -0.1) is 6.42 Å². The zero-order valence-corrected chi connectivity index (χ0v) is 41.0. The van der Waals surface area contributed by atoms with Crippen LogP contribution in [-0.2, 0) is 17.1 Å². The van der Waals surface area contributed by atoms with Crippen LogP contribution in [0.1, 0.15) is 79.1 Å². The van der Waals surface area contributed by atoms with Crippen molar-refractivity contribution in [2.24, 2.45) is 30.0 Å². The second-order valence-electron chi connectivity index (χ2n) is 17.3. The molecular weight excluding hydrogens is 885 g/mol. The molecule has 0 aliphatic carbocycles. The standard InChI is InChI=1S/C52H46N8O4Si3.8H2/c1-7-9-11-13-15-25-35-61-65(3,4)63-67(64-66(5,6)62-36-26-16-14-12-10-8-2)59-49-41-31-21-22-32-42(41)51(59)57-47-39-29-19-20-30-40(39)48(54-47)58-52-44-34-24-23-33-43(44)50(60(52)67)56-46-38-28-18-17-27-37(38)45(53-46)55-49;;;;;;;;/h1,17-24,27-34H,8,10,12,14,16,26,36H2,2-6H3;8*1H. The summed E-state index contributed by atoms with van der Waals surface area (Å²) >= 11 is 0. The average Bonchev–Trinajstić information content (AvgIpc) is 4.04. The zero-order valence-electron chi connectivity index (χ0n) is 38.0. The van der Waals surface area contributed by atoms with Crippen LogP contribution in [0.4, 0.5) is 11.6 Å². The maximum Gasteiger partial charge on any atom is 0.586 e. The highest BCUT2D eigenvalue weighted by atomic mass is 28.5. The minimum absolute atomic E-state index is 0. The monoisotopic (exact) mass is 946 g/mol. The summed E-state index contributed by atoms with van der Waals surface area (Å²) in [6.07, 6.45) is 14.8. The fourth-order valence-corrected chi connectivity index (χ4v) is 19.2. The molecule has 2 aromatic heterocycles. The second kappa shape index (κ2) is 17.9. The number of aliphatic imine (C=N–C) groups is 4. The van der Waals surface area contributed by atoms with Gasteiger partial charge in [0.25, 0.3) is 0 Å². The number of aromatic nitrogens is 2. The lowest BCUT2D eigenvalue weighted by Gasteiger charge is -2.41. The number of amidine groups is 4. The Kier molecular flexibility index (Phi) is 11.7. The Hall–Kier alpha value is -7.19. The van der Waals surface area contributed by atoms with Crippen LogP contribution >= 0.6 is 0 Å². The Morgan fingerprint density at radius 2 is 0.970 bits per heavy atom. The molecule has 0 radical (unpaired) electrons. The summed E-state index contributed by atoms with van der Waals surface area (Å²) in [5.41, 5.74) is 4.43. The van der Waals surface area contributed by atoms with Gasteiger partial charge >= 0.3 is 26.0 Å². The predicted octanol–water partition coefficient (Wildman–Crippen LogP) is 10.8. The highest BCUT2D eigenvalue weighted by Gasteiger charge is 2.59. The lowest BCUT2D eigenvalue weighted by molar-refractivity contribution is 0.203. The number of rotatable bonds is 13. The molecule has 0 amide bonds. The van der Waals surface area contributed by atoms with Gasteiger partial charge in [0.1, 0.15) is 28.7 Å². The number of hydrogen-bond acceptors (Lipinski definition) is 10. The van der Waals surface area contributed by atoms with Crippen LogP contribution in [0, 0.1) is 48.1 Å². The predicted molar refractivity (Wildman–Crippen MR) is 288 cm³/mol. The average molecular weight is 947 g/mol. The molecule has 0 spiro atoms. The van der Waals surface area contributed by atoms with Crippen LogP contribution in [0.15, 0.2) is 127 Å². The fraction of sp³-hybridized carbons (Fsp3) is 0.231. The van der Waals surface area contributed by atoms with Crippen molar-refractivity contribution in [2.75, 3.05) is 6.61 Å². The quantitative estimate of drug-likeness (QED) is 0.0650. The van der Waals surface area contributed by atoms with Crippen molar-refractivity contribution < 1.29 is 28.5 Å². The molecule has 0 saturated heterocycles. The van der Waals surface area contributed by atoms with Crippen LogP contribution in [-0.4, -0.2) is 64.4 Å². The van der Waals surface area contributed by atoms with Gasteiger partial charge in [0.2, 0.25) is 0 Å². The van der Waals surface area contributed by atoms with Crippen LogP contribution in [0.5, 0.6) is 0 Å². The number of hydrogen-bond donors (Lipinski definition) is 0. The molecule has 10 rings (SSSR count). The summed E-state index contributed by atoms with van der Waals surface area (Å²) in [6.45, 7) is 10.8. The summed E-state index contributed by atoms with van der Waals surface area (Å²) in [5.74, 6) is 18.5. The lowest BCUT2D eigenvalue weighted by Crippen LogP contribution is -2.70. The van der Waals surface area contributed by atoms with E-state index in [0.717, 1.165) is 63.1 Å². The van der Waals surface area contributed by atoms with Crippen molar-refractivity contribution in [3.63, 3.8) is 0 Å². The Balaban J connectivity index is 0.00000241. The van der Waals surface area contributed by atoms with Crippen LogP contribution < -0.4 is 11.0 Å². The number of nitrogens with zero attached hydrogens (tertiary/aromatic N) is 8. The third-order valence-electron chi connectivity index (χ3n) is 11.7. The lowest BCUT2D eigenvalue weighted by atomic mass is 10.1. The topological polar surface area (TPSA) is 121 Å². The molecule has 346 valence electrons. The first-order chi connectivity index (χ1) is 32.6.